The molecule has 5 aliphatic rings. The smallest absolute Gasteiger partial charge is 0.318 e. The number of terminal acetylenes is 1. The van der Waals surface area contributed by atoms with Crippen molar-refractivity contribution >= 4 is 17.4 Å². The number of benzene rings is 1. The summed E-state index contributed by atoms with van der Waals surface area (Å²) in [5, 5.41) is 14.4. The van der Waals surface area contributed by atoms with Crippen LogP contribution in [0.1, 0.15) is 69.2 Å². The SMILES string of the molecule is C#Cc1c(F)ccc2c1N([C@@H]1COc3c(nc(OC[C@]4(C)C[C@@H](F)CN4CC4CCOCC4)nc3N3CCCCC(NC(=O)C=C)C3)C1)C[C@@](C)(O)C2. The van der Waals surface area contributed by atoms with Crippen molar-refractivity contribution in [1.29, 1.82) is 0 Å². The standard InChI is InChI=1S/C40H52F2N6O5/c1-5-31-32(42)11-10-27-18-40(4,50)24-48(35(27)31)30-17-33-36(52-23-30)37(46-14-8-7-9-29(22-46)43-34(49)6-2)45-38(44-33)53-25-39(3)19-28(41)21-47(39)20-26-12-15-51-16-13-26/h1,6,10-11,26,28-30,50H,2,7-9,12-25H2,3-4H3,(H,43,49)/t28-,29?,30+,39+,40+/m1/s1. The van der Waals surface area contributed by atoms with Crippen LogP contribution in [-0.2, 0) is 22.4 Å². The number of fused-ring (bicyclic) bond motifs is 2. The van der Waals surface area contributed by atoms with E-state index in [0.29, 0.717) is 67.8 Å². The van der Waals surface area contributed by atoms with Crippen LogP contribution in [0.3, 0.4) is 0 Å². The van der Waals surface area contributed by atoms with E-state index >= 15 is 8.78 Å². The number of amides is 1. The highest BCUT2D eigenvalue weighted by Gasteiger charge is 2.45. The number of halogens is 2. The highest BCUT2D eigenvalue weighted by Crippen LogP contribution is 2.42. The third kappa shape index (κ3) is 8.10. The molecule has 0 saturated carbocycles. The molecule has 1 amide bonds. The molecule has 13 heteroatoms. The Hall–Kier alpha value is -3.99. The van der Waals surface area contributed by atoms with Gasteiger partial charge in [0.2, 0.25) is 5.91 Å². The first-order valence-electron chi connectivity index (χ1n) is 19.0. The van der Waals surface area contributed by atoms with Crippen LogP contribution in [0.4, 0.5) is 20.3 Å². The van der Waals surface area contributed by atoms with Crippen molar-refractivity contribution in [1.82, 2.24) is 20.2 Å². The van der Waals surface area contributed by atoms with Crippen LogP contribution in [0.15, 0.2) is 24.8 Å². The lowest BCUT2D eigenvalue weighted by Gasteiger charge is -2.45. The number of rotatable bonds is 9. The summed E-state index contributed by atoms with van der Waals surface area (Å²) >= 11 is 0. The van der Waals surface area contributed by atoms with Crippen molar-refractivity contribution in [3.05, 3.63) is 47.4 Å². The minimum Gasteiger partial charge on any atom is -0.486 e. The van der Waals surface area contributed by atoms with Crippen LogP contribution in [-0.4, -0.2) is 114 Å². The number of anilines is 2. The number of β-amino-alcohol motifs (C(OH)–C–C–N with tert-alkyl or cyclic N) is 1. The van der Waals surface area contributed by atoms with E-state index in [-0.39, 0.29) is 49.3 Å². The number of hydrogen-bond donors (Lipinski definition) is 2. The van der Waals surface area contributed by atoms with Gasteiger partial charge in [0.05, 0.1) is 34.1 Å². The van der Waals surface area contributed by atoms with Crippen molar-refractivity contribution in [3.63, 3.8) is 0 Å². The van der Waals surface area contributed by atoms with Crippen LogP contribution in [0.25, 0.3) is 0 Å². The molecule has 0 bridgehead atoms. The summed E-state index contributed by atoms with van der Waals surface area (Å²) in [5.41, 5.74) is 0.497. The molecule has 3 saturated heterocycles. The lowest BCUT2D eigenvalue weighted by Crippen LogP contribution is -2.54. The van der Waals surface area contributed by atoms with Gasteiger partial charge < -0.3 is 34.4 Å². The van der Waals surface area contributed by atoms with E-state index in [4.69, 9.17) is 30.6 Å². The average molecular weight is 735 g/mol. The predicted molar refractivity (Wildman–Crippen MR) is 198 cm³/mol. The summed E-state index contributed by atoms with van der Waals surface area (Å²) < 4.78 is 48.7. The molecule has 2 N–H and O–H groups in total. The zero-order valence-corrected chi connectivity index (χ0v) is 30.9. The lowest BCUT2D eigenvalue weighted by molar-refractivity contribution is -0.117. The van der Waals surface area contributed by atoms with Gasteiger partial charge in [-0.2, -0.15) is 9.97 Å². The maximum atomic E-state index is 15.1. The van der Waals surface area contributed by atoms with Gasteiger partial charge in [0.1, 0.15) is 25.2 Å². The van der Waals surface area contributed by atoms with E-state index in [0.717, 1.165) is 57.4 Å². The molecule has 6 heterocycles. The second kappa shape index (κ2) is 15.4. The molecule has 2 aromatic rings. The molecule has 0 spiro atoms. The van der Waals surface area contributed by atoms with Crippen molar-refractivity contribution in [2.75, 3.05) is 69.0 Å². The van der Waals surface area contributed by atoms with Crippen LogP contribution in [0.2, 0.25) is 0 Å². The minimum absolute atomic E-state index is 0.129. The Balaban J connectivity index is 1.21. The molecule has 7 rings (SSSR count). The maximum Gasteiger partial charge on any atom is 0.318 e. The number of carbonyl (C=O) groups is 1. The van der Waals surface area contributed by atoms with Gasteiger partial charge in [-0.15, -0.1) is 6.42 Å². The molecular formula is C40H52F2N6O5. The number of aromatic nitrogens is 2. The Labute approximate surface area is 311 Å². The molecule has 1 aromatic carbocycles. The van der Waals surface area contributed by atoms with Gasteiger partial charge in [-0.05, 0) is 69.6 Å². The van der Waals surface area contributed by atoms with Crippen molar-refractivity contribution in [3.8, 4) is 24.1 Å². The fourth-order valence-electron chi connectivity index (χ4n) is 8.88. The molecule has 1 unspecified atom stereocenters. The number of likely N-dealkylation sites (tertiary alicyclic amines) is 1. The average Bonchev–Trinajstić information content (AvgIpc) is 3.26. The van der Waals surface area contributed by atoms with E-state index in [1.807, 2.05) is 11.8 Å². The van der Waals surface area contributed by atoms with Gasteiger partial charge in [-0.25, -0.2) is 8.78 Å². The highest BCUT2D eigenvalue weighted by molar-refractivity contribution is 5.87. The Morgan fingerprint density at radius 3 is 2.81 bits per heavy atom. The first kappa shape index (κ1) is 37.3. The van der Waals surface area contributed by atoms with E-state index in [1.165, 1.54) is 12.1 Å². The molecule has 286 valence electrons. The normalized spacial score (nSPS) is 29.3. The Morgan fingerprint density at radius 2 is 2.04 bits per heavy atom. The molecule has 53 heavy (non-hydrogen) atoms. The Kier molecular flexibility index (Phi) is 10.8. The van der Waals surface area contributed by atoms with Crippen LogP contribution in [0.5, 0.6) is 11.8 Å². The Bertz CT molecular complexity index is 1730. The first-order chi connectivity index (χ1) is 25.4. The number of nitrogens with zero attached hydrogens (tertiary/aromatic N) is 5. The molecule has 1 aromatic heterocycles. The number of ether oxygens (including phenoxy) is 3. The molecular weight excluding hydrogens is 682 g/mol. The van der Waals surface area contributed by atoms with E-state index in [1.54, 1.807) is 13.0 Å². The van der Waals surface area contributed by atoms with E-state index in [2.05, 4.69) is 27.6 Å². The van der Waals surface area contributed by atoms with Gasteiger partial charge in [0.25, 0.3) is 0 Å². The zero-order valence-electron chi connectivity index (χ0n) is 30.9. The fourth-order valence-corrected chi connectivity index (χ4v) is 8.88. The van der Waals surface area contributed by atoms with Crippen LogP contribution < -0.4 is 24.6 Å². The first-order valence-corrected chi connectivity index (χ1v) is 19.0. The minimum atomic E-state index is -1.08. The number of alkyl halides is 1. The number of aliphatic hydroxyl groups is 1. The van der Waals surface area contributed by atoms with Gasteiger partial charge in [-0.3, -0.25) is 9.69 Å². The van der Waals surface area contributed by atoms with Crippen molar-refractivity contribution < 1.29 is 32.9 Å². The van der Waals surface area contributed by atoms with Gasteiger partial charge in [0.15, 0.2) is 11.6 Å². The van der Waals surface area contributed by atoms with Gasteiger partial charge >= 0.3 is 6.01 Å². The summed E-state index contributed by atoms with van der Waals surface area (Å²) in [5.74, 6) is 3.37. The van der Waals surface area contributed by atoms with Gasteiger partial charge in [0, 0.05) is 71.2 Å². The molecule has 0 radical (unpaired) electrons. The second-order valence-corrected chi connectivity index (χ2v) is 16.0. The fraction of sp³-hybridized carbons (Fsp3) is 0.625. The zero-order chi connectivity index (χ0) is 37.3. The number of hydrogen-bond acceptors (Lipinski definition) is 10. The number of carbonyl (C=O) groups excluding carboxylic acids is 1. The summed E-state index contributed by atoms with van der Waals surface area (Å²) in [6, 6.07) is 2.74. The largest absolute Gasteiger partial charge is 0.486 e. The summed E-state index contributed by atoms with van der Waals surface area (Å²) in [7, 11) is 0. The predicted octanol–water partition coefficient (Wildman–Crippen LogP) is 3.98. The van der Waals surface area contributed by atoms with Crippen molar-refractivity contribution in [2.45, 2.75) is 94.6 Å². The second-order valence-electron chi connectivity index (χ2n) is 16.0. The number of nitrogens with one attached hydrogen (secondary N) is 1. The monoisotopic (exact) mass is 734 g/mol. The quantitative estimate of drug-likeness (QED) is 0.290. The summed E-state index contributed by atoms with van der Waals surface area (Å²) in [6.45, 7) is 11.9. The van der Waals surface area contributed by atoms with E-state index < -0.39 is 23.1 Å². The lowest BCUT2D eigenvalue weighted by atomic mass is 9.86. The third-order valence-electron chi connectivity index (χ3n) is 11.6. The third-order valence-corrected chi connectivity index (χ3v) is 11.6. The molecule has 3 fully saturated rings. The van der Waals surface area contributed by atoms with Crippen LogP contribution in [0, 0.1) is 24.1 Å². The van der Waals surface area contributed by atoms with Gasteiger partial charge in [-0.1, -0.05) is 18.6 Å². The highest BCUT2D eigenvalue weighted by atomic mass is 19.1. The van der Waals surface area contributed by atoms with Crippen LogP contribution >= 0.6 is 0 Å². The molecule has 11 nitrogen and oxygen atoms in total. The van der Waals surface area contributed by atoms with E-state index in [9.17, 15) is 9.90 Å². The topological polar surface area (TPSA) is 113 Å². The molecule has 5 atom stereocenters. The van der Waals surface area contributed by atoms with Crippen molar-refractivity contribution in [2.24, 2.45) is 5.92 Å². The maximum absolute atomic E-state index is 15.1. The molecule has 0 aliphatic carbocycles. The summed E-state index contributed by atoms with van der Waals surface area (Å²) in [6.07, 6.45) is 11.8. The molecule has 5 aliphatic heterocycles. The summed E-state index contributed by atoms with van der Waals surface area (Å²) in [4.78, 5) is 28.5. The Morgan fingerprint density at radius 1 is 1.23 bits per heavy atom.